The van der Waals surface area contributed by atoms with Crippen molar-refractivity contribution < 1.29 is 4.79 Å². The van der Waals surface area contributed by atoms with Gasteiger partial charge in [-0.25, -0.2) is 4.98 Å². The Morgan fingerprint density at radius 2 is 1.89 bits per heavy atom. The van der Waals surface area contributed by atoms with E-state index in [2.05, 4.69) is 20.2 Å². The molecule has 2 fully saturated rings. The van der Waals surface area contributed by atoms with Gasteiger partial charge in [-0.1, -0.05) is 19.3 Å². The minimum atomic E-state index is -0.281. The molecule has 0 unspecified atom stereocenters. The van der Waals surface area contributed by atoms with Crippen molar-refractivity contribution in [1.29, 1.82) is 0 Å². The van der Waals surface area contributed by atoms with E-state index >= 15 is 0 Å². The fourth-order valence-electron chi connectivity index (χ4n) is 4.15. The van der Waals surface area contributed by atoms with E-state index in [9.17, 15) is 9.59 Å². The largest absolute Gasteiger partial charge is 0.349 e. The van der Waals surface area contributed by atoms with E-state index in [1.807, 2.05) is 11.5 Å². The Labute approximate surface area is 171 Å². The number of fused-ring (bicyclic) bond motifs is 1. The number of carbonyl (C=O) groups is 1. The number of aromatic nitrogens is 3. The molecule has 8 heteroatoms. The Hall–Kier alpha value is -2.15. The number of hydrogen-bond donors (Lipinski definition) is 1. The lowest BCUT2D eigenvalue weighted by molar-refractivity contribution is 0.0926. The van der Waals surface area contributed by atoms with E-state index in [0.29, 0.717) is 23.5 Å². The van der Waals surface area contributed by atoms with E-state index in [1.54, 1.807) is 12.4 Å². The maximum absolute atomic E-state index is 12.9. The van der Waals surface area contributed by atoms with Gasteiger partial charge < -0.3 is 14.8 Å². The van der Waals surface area contributed by atoms with Gasteiger partial charge in [-0.2, -0.15) is 4.98 Å². The summed E-state index contributed by atoms with van der Waals surface area (Å²) in [7, 11) is 0. The second kappa shape index (κ2) is 8.90. The molecule has 1 amide bonds. The molecule has 1 saturated heterocycles. The monoisotopic (exact) mass is 405 g/mol. The number of nitrogens with zero attached hydrogens (tertiary/aromatic N) is 4. The smallest absolute Gasteiger partial charge is 0.256 e. The zero-order chi connectivity index (χ0) is 18.8. The van der Waals surface area contributed by atoms with Crippen LogP contribution in [0.3, 0.4) is 0 Å². The maximum Gasteiger partial charge on any atom is 0.256 e. The van der Waals surface area contributed by atoms with Crippen LogP contribution in [0.4, 0.5) is 5.95 Å². The van der Waals surface area contributed by atoms with Gasteiger partial charge in [-0.05, 0) is 32.6 Å². The van der Waals surface area contributed by atoms with Crippen LogP contribution < -0.4 is 15.6 Å². The SMILES string of the molecule is CCn1cc(C(=O)NC2CCCCC2)c(=O)c2cnc(N3CCCC3)nc21.Cl. The first-order valence-corrected chi connectivity index (χ1v) is 10.1. The van der Waals surface area contributed by atoms with Crippen LogP contribution in [0, 0.1) is 0 Å². The van der Waals surface area contributed by atoms with Crippen LogP contribution in [0.5, 0.6) is 0 Å². The number of anilines is 1. The number of pyridine rings is 1. The molecule has 0 aromatic carbocycles. The highest BCUT2D eigenvalue weighted by atomic mass is 35.5. The van der Waals surface area contributed by atoms with Crippen molar-refractivity contribution >= 4 is 35.3 Å². The second-order valence-electron chi connectivity index (χ2n) is 7.57. The summed E-state index contributed by atoms with van der Waals surface area (Å²) in [5.74, 6) is 0.389. The third-order valence-electron chi connectivity index (χ3n) is 5.72. The highest BCUT2D eigenvalue weighted by molar-refractivity contribution is 5.97. The first-order valence-electron chi connectivity index (χ1n) is 10.1. The number of amides is 1. The molecule has 2 aromatic heterocycles. The molecule has 0 radical (unpaired) electrons. The molecule has 152 valence electrons. The number of halogens is 1. The Bertz CT molecular complexity index is 901. The fourth-order valence-corrected chi connectivity index (χ4v) is 4.15. The van der Waals surface area contributed by atoms with Gasteiger partial charge in [0.05, 0.1) is 5.39 Å². The van der Waals surface area contributed by atoms with E-state index in [0.717, 1.165) is 51.6 Å². The van der Waals surface area contributed by atoms with Crippen LogP contribution in [-0.2, 0) is 6.54 Å². The average molecular weight is 406 g/mol. The Morgan fingerprint density at radius 1 is 1.18 bits per heavy atom. The molecule has 0 bridgehead atoms. The van der Waals surface area contributed by atoms with Gasteiger partial charge in [-0.3, -0.25) is 9.59 Å². The molecule has 1 saturated carbocycles. The summed E-state index contributed by atoms with van der Waals surface area (Å²) >= 11 is 0. The number of rotatable bonds is 4. The first kappa shape index (κ1) is 20.6. The minimum absolute atomic E-state index is 0. The van der Waals surface area contributed by atoms with Crippen LogP contribution in [0.2, 0.25) is 0 Å². The summed E-state index contributed by atoms with van der Waals surface area (Å²) < 4.78 is 1.88. The maximum atomic E-state index is 12.9. The van der Waals surface area contributed by atoms with Gasteiger partial charge in [0.15, 0.2) is 0 Å². The molecule has 0 spiro atoms. The van der Waals surface area contributed by atoms with Crippen LogP contribution in [0.25, 0.3) is 11.0 Å². The highest BCUT2D eigenvalue weighted by Crippen LogP contribution is 2.20. The van der Waals surface area contributed by atoms with Crippen LogP contribution in [0.1, 0.15) is 62.2 Å². The molecule has 7 nitrogen and oxygen atoms in total. The van der Waals surface area contributed by atoms with E-state index in [-0.39, 0.29) is 35.3 Å². The topological polar surface area (TPSA) is 80.1 Å². The van der Waals surface area contributed by atoms with Crippen molar-refractivity contribution in [2.24, 2.45) is 0 Å². The molecular formula is C20H28ClN5O2. The average Bonchev–Trinajstić information content (AvgIpc) is 3.23. The molecule has 3 heterocycles. The Kier molecular flexibility index (Phi) is 6.54. The molecular weight excluding hydrogens is 378 g/mol. The van der Waals surface area contributed by atoms with Crippen molar-refractivity contribution in [2.45, 2.75) is 64.5 Å². The van der Waals surface area contributed by atoms with Crippen LogP contribution in [-0.4, -0.2) is 39.6 Å². The van der Waals surface area contributed by atoms with Gasteiger partial charge in [-0.15, -0.1) is 12.4 Å². The molecule has 2 aliphatic rings. The second-order valence-corrected chi connectivity index (χ2v) is 7.57. The van der Waals surface area contributed by atoms with E-state index in [1.165, 1.54) is 6.42 Å². The fraction of sp³-hybridized carbons (Fsp3) is 0.600. The zero-order valence-electron chi connectivity index (χ0n) is 16.3. The van der Waals surface area contributed by atoms with Crippen molar-refractivity contribution in [2.75, 3.05) is 18.0 Å². The van der Waals surface area contributed by atoms with Gasteiger partial charge in [0.2, 0.25) is 11.4 Å². The number of nitrogens with one attached hydrogen (secondary N) is 1. The normalized spacial score (nSPS) is 17.5. The standard InChI is InChI=1S/C20H27N5O2.ClH/c1-2-24-13-16(19(27)22-14-8-4-3-5-9-14)17(26)15-12-21-20(23-18(15)24)25-10-6-7-11-25;/h12-14H,2-11H2,1H3,(H,22,27);1H. The summed E-state index contributed by atoms with van der Waals surface area (Å²) in [5, 5.41) is 3.46. The zero-order valence-corrected chi connectivity index (χ0v) is 17.1. The van der Waals surface area contributed by atoms with E-state index in [4.69, 9.17) is 0 Å². The third-order valence-corrected chi connectivity index (χ3v) is 5.72. The van der Waals surface area contributed by atoms with Crippen molar-refractivity contribution in [3.63, 3.8) is 0 Å². The number of hydrogen-bond acceptors (Lipinski definition) is 5. The Balaban J connectivity index is 0.00000225. The minimum Gasteiger partial charge on any atom is -0.349 e. The van der Waals surface area contributed by atoms with Crippen LogP contribution in [0.15, 0.2) is 17.2 Å². The van der Waals surface area contributed by atoms with Gasteiger partial charge >= 0.3 is 0 Å². The molecule has 1 aliphatic heterocycles. The molecule has 1 aliphatic carbocycles. The lowest BCUT2D eigenvalue weighted by Gasteiger charge is -2.23. The summed E-state index contributed by atoms with van der Waals surface area (Å²) in [4.78, 5) is 36.9. The molecule has 1 N–H and O–H groups in total. The lowest BCUT2D eigenvalue weighted by atomic mass is 9.95. The quantitative estimate of drug-likeness (QED) is 0.845. The summed E-state index contributed by atoms with van der Waals surface area (Å²) in [5.41, 5.74) is 0.511. The Morgan fingerprint density at radius 3 is 2.57 bits per heavy atom. The summed E-state index contributed by atoms with van der Waals surface area (Å²) in [6.07, 6.45) is 11.0. The van der Waals surface area contributed by atoms with Gasteiger partial charge in [0.1, 0.15) is 11.2 Å². The van der Waals surface area contributed by atoms with Gasteiger partial charge in [0.25, 0.3) is 5.91 Å². The summed E-state index contributed by atoms with van der Waals surface area (Å²) in [6, 6.07) is 0.171. The molecule has 2 aromatic rings. The molecule has 0 atom stereocenters. The van der Waals surface area contributed by atoms with Crippen LogP contribution >= 0.6 is 12.4 Å². The highest BCUT2D eigenvalue weighted by Gasteiger charge is 2.22. The lowest BCUT2D eigenvalue weighted by Crippen LogP contribution is -2.38. The number of carbonyl (C=O) groups excluding carboxylic acids is 1. The van der Waals surface area contributed by atoms with Crippen molar-refractivity contribution in [1.82, 2.24) is 19.9 Å². The van der Waals surface area contributed by atoms with E-state index < -0.39 is 0 Å². The number of aryl methyl sites for hydroxylation is 1. The van der Waals surface area contributed by atoms with Crippen molar-refractivity contribution in [3.8, 4) is 0 Å². The predicted molar refractivity (Wildman–Crippen MR) is 113 cm³/mol. The summed E-state index contributed by atoms with van der Waals surface area (Å²) in [6.45, 7) is 4.52. The van der Waals surface area contributed by atoms with Crippen molar-refractivity contribution in [3.05, 3.63) is 28.2 Å². The molecule has 4 rings (SSSR count). The first-order chi connectivity index (χ1) is 13.2. The van der Waals surface area contributed by atoms with Gasteiger partial charge in [0, 0.05) is 38.1 Å². The third kappa shape index (κ3) is 3.99. The molecule has 28 heavy (non-hydrogen) atoms. The predicted octanol–water partition coefficient (Wildman–Crippen LogP) is 2.90.